The molecule has 1 aromatic rings. The van der Waals surface area contributed by atoms with E-state index >= 15 is 0 Å². The van der Waals surface area contributed by atoms with Gasteiger partial charge in [0.05, 0.1) is 0 Å². The van der Waals surface area contributed by atoms with Crippen LogP contribution < -0.4 is 0 Å². The van der Waals surface area contributed by atoms with Crippen LogP contribution in [0.5, 0.6) is 0 Å². The summed E-state index contributed by atoms with van der Waals surface area (Å²) in [6.45, 7) is 8.83. The van der Waals surface area contributed by atoms with Gasteiger partial charge in [0, 0.05) is 13.6 Å². The van der Waals surface area contributed by atoms with Crippen molar-refractivity contribution in [2.75, 3.05) is 13.6 Å². The second-order valence-corrected chi connectivity index (χ2v) is 4.82. The Morgan fingerprint density at radius 1 is 1.17 bits per heavy atom. The van der Waals surface area contributed by atoms with Crippen LogP contribution in [0.3, 0.4) is 0 Å². The number of benzene rings is 1. The molecule has 0 aliphatic carbocycles. The summed E-state index contributed by atoms with van der Waals surface area (Å²) < 4.78 is -0.0173. The van der Waals surface area contributed by atoms with Crippen LogP contribution in [0.25, 0.3) is 0 Å². The highest BCUT2D eigenvalue weighted by atomic mass is 127. The lowest BCUT2D eigenvalue weighted by atomic mass is 10.0. The quantitative estimate of drug-likeness (QED) is 0.500. The van der Waals surface area contributed by atoms with Gasteiger partial charge in [-0.3, -0.25) is 4.79 Å². The maximum absolute atomic E-state index is 11.8. The molecule has 1 aliphatic rings. The Kier molecular flexibility index (Phi) is 9.06. The van der Waals surface area contributed by atoms with Crippen LogP contribution in [-0.4, -0.2) is 24.4 Å². The van der Waals surface area contributed by atoms with Crippen molar-refractivity contribution in [3.63, 3.8) is 0 Å². The van der Waals surface area contributed by atoms with Crippen LogP contribution in [0.15, 0.2) is 24.3 Å². The molecule has 0 spiro atoms. The maximum atomic E-state index is 11.8. The van der Waals surface area contributed by atoms with Gasteiger partial charge < -0.3 is 4.90 Å². The number of nitrogens with zero attached hydrogens (tertiary/aromatic N) is 1. The van der Waals surface area contributed by atoms with E-state index in [1.165, 1.54) is 11.1 Å². The van der Waals surface area contributed by atoms with E-state index < -0.39 is 0 Å². The second-order valence-electron chi connectivity index (χ2n) is 3.57. The van der Waals surface area contributed by atoms with Crippen LogP contribution in [0.4, 0.5) is 0 Å². The third-order valence-electron chi connectivity index (χ3n) is 2.64. The van der Waals surface area contributed by atoms with Gasteiger partial charge in [-0.05, 0) is 17.5 Å². The minimum Gasteiger partial charge on any atom is -0.344 e. The first-order valence-electron chi connectivity index (χ1n) is 6.67. The summed E-state index contributed by atoms with van der Waals surface area (Å²) in [4.78, 5) is 13.6. The minimum atomic E-state index is -0.0173. The van der Waals surface area contributed by atoms with Crippen molar-refractivity contribution in [2.45, 2.75) is 38.0 Å². The van der Waals surface area contributed by atoms with E-state index in [1.54, 1.807) is 0 Å². The Balaban J connectivity index is 0.000000659. The van der Waals surface area contributed by atoms with Gasteiger partial charge in [0.1, 0.15) is 3.92 Å². The third-order valence-corrected chi connectivity index (χ3v) is 3.84. The van der Waals surface area contributed by atoms with Crippen LogP contribution in [0, 0.1) is 0 Å². The van der Waals surface area contributed by atoms with Gasteiger partial charge in [0.25, 0.3) is 0 Å². The average molecular weight is 361 g/mol. The lowest BCUT2D eigenvalue weighted by molar-refractivity contribution is -0.128. The molecule has 0 radical (unpaired) electrons. The Morgan fingerprint density at radius 2 is 1.72 bits per heavy atom. The molecule has 18 heavy (non-hydrogen) atoms. The number of hydrogen-bond donors (Lipinski definition) is 0. The predicted octanol–water partition coefficient (Wildman–Crippen LogP) is 4.23. The fourth-order valence-electron chi connectivity index (χ4n) is 1.73. The molecule has 0 saturated heterocycles. The molecule has 1 unspecified atom stereocenters. The number of likely N-dealkylation sites (N-methyl/N-ethyl adjacent to an activating group) is 1. The first-order valence-corrected chi connectivity index (χ1v) is 7.91. The molecule has 1 aromatic carbocycles. The summed E-state index contributed by atoms with van der Waals surface area (Å²) in [6, 6.07) is 8.22. The molecule has 0 aromatic heterocycles. The highest BCUT2D eigenvalue weighted by Crippen LogP contribution is 2.30. The number of amides is 1. The molecule has 1 heterocycles. The van der Waals surface area contributed by atoms with E-state index in [1.807, 2.05) is 51.8 Å². The molecule has 2 rings (SSSR count). The topological polar surface area (TPSA) is 20.3 Å². The summed E-state index contributed by atoms with van der Waals surface area (Å²) >= 11 is 2.22. The minimum absolute atomic E-state index is 0.0173. The van der Waals surface area contributed by atoms with Gasteiger partial charge in [0.15, 0.2) is 0 Å². The molecule has 1 atom stereocenters. The number of hydrogen-bond acceptors (Lipinski definition) is 1. The monoisotopic (exact) mass is 361 g/mol. The van der Waals surface area contributed by atoms with Crippen molar-refractivity contribution in [3.05, 3.63) is 35.4 Å². The highest BCUT2D eigenvalue weighted by molar-refractivity contribution is 14.1. The molecular weight excluding hydrogens is 337 g/mol. The first kappa shape index (κ1) is 17.4. The van der Waals surface area contributed by atoms with Gasteiger partial charge >= 0.3 is 0 Å². The van der Waals surface area contributed by atoms with Crippen molar-refractivity contribution in [1.29, 1.82) is 0 Å². The Hall–Kier alpha value is -0.580. The number of carbonyl (C=O) groups excluding carboxylic acids is 1. The number of rotatable bonds is 0. The molecule has 1 aliphatic heterocycles. The van der Waals surface area contributed by atoms with Crippen molar-refractivity contribution in [3.8, 4) is 0 Å². The van der Waals surface area contributed by atoms with Crippen molar-refractivity contribution in [1.82, 2.24) is 4.90 Å². The molecule has 3 heteroatoms. The van der Waals surface area contributed by atoms with Gasteiger partial charge in [-0.2, -0.15) is 0 Å². The molecule has 2 nitrogen and oxygen atoms in total. The summed E-state index contributed by atoms with van der Waals surface area (Å²) in [5, 5.41) is 0. The number of fused-ring (bicyclic) bond motifs is 1. The summed E-state index contributed by atoms with van der Waals surface area (Å²) in [5.74, 6) is 0.218. The first-order chi connectivity index (χ1) is 8.70. The predicted molar refractivity (Wildman–Crippen MR) is 87.2 cm³/mol. The molecule has 1 amide bonds. The molecular formula is C15H24INO. The third kappa shape index (κ3) is 4.26. The van der Waals surface area contributed by atoms with Crippen molar-refractivity contribution in [2.24, 2.45) is 0 Å². The standard InChI is InChI=1S/C11H12INO.2C2H6/c1-13-7-6-8-4-2-3-5-9(8)10(12)11(13)14;2*1-2/h2-5,10H,6-7H2,1H3;2*1-2H3. The largest absolute Gasteiger partial charge is 0.344 e. The van der Waals surface area contributed by atoms with Crippen molar-refractivity contribution >= 4 is 28.5 Å². The normalized spacial score (nSPS) is 17.6. The van der Waals surface area contributed by atoms with Gasteiger partial charge in [-0.1, -0.05) is 74.6 Å². The highest BCUT2D eigenvalue weighted by Gasteiger charge is 2.25. The average Bonchev–Trinajstić information content (AvgIpc) is 2.57. The van der Waals surface area contributed by atoms with Gasteiger partial charge in [-0.15, -0.1) is 0 Å². The lowest BCUT2D eigenvalue weighted by Gasteiger charge is -2.15. The fourth-order valence-corrected chi connectivity index (χ4v) is 2.82. The molecule has 0 saturated carbocycles. The number of carbonyl (C=O) groups is 1. The Morgan fingerprint density at radius 3 is 2.33 bits per heavy atom. The molecule has 0 fully saturated rings. The number of alkyl halides is 1. The SMILES string of the molecule is CC.CC.CN1CCc2ccccc2C(I)C1=O. The van der Waals surface area contributed by atoms with Gasteiger partial charge in [-0.25, -0.2) is 0 Å². The van der Waals surface area contributed by atoms with Crippen LogP contribution in [-0.2, 0) is 11.2 Å². The van der Waals surface area contributed by atoms with Crippen LogP contribution in [0.1, 0.15) is 42.7 Å². The van der Waals surface area contributed by atoms with Crippen molar-refractivity contribution < 1.29 is 4.79 Å². The second kappa shape index (κ2) is 9.36. The smallest absolute Gasteiger partial charge is 0.239 e. The van der Waals surface area contributed by atoms with E-state index in [0.717, 1.165) is 13.0 Å². The Bertz CT molecular complexity index is 365. The summed E-state index contributed by atoms with van der Waals surface area (Å²) in [5.41, 5.74) is 2.49. The van der Waals surface area contributed by atoms with E-state index in [4.69, 9.17) is 0 Å². The molecule has 0 bridgehead atoms. The molecule has 0 N–H and O–H groups in total. The van der Waals surface area contributed by atoms with Crippen LogP contribution >= 0.6 is 22.6 Å². The summed E-state index contributed by atoms with van der Waals surface area (Å²) in [6.07, 6.45) is 0.970. The maximum Gasteiger partial charge on any atom is 0.239 e. The lowest BCUT2D eigenvalue weighted by Crippen LogP contribution is -2.28. The Labute approximate surface area is 125 Å². The zero-order valence-corrected chi connectivity index (χ0v) is 14.2. The van der Waals surface area contributed by atoms with E-state index in [0.29, 0.717) is 0 Å². The number of halogens is 1. The summed E-state index contributed by atoms with van der Waals surface area (Å²) in [7, 11) is 1.87. The fraction of sp³-hybridized carbons (Fsp3) is 0.533. The zero-order valence-electron chi connectivity index (χ0n) is 12.0. The van der Waals surface area contributed by atoms with Crippen LogP contribution in [0.2, 0.25) is 0 Å². The van der Waals surface area contributed by atoms with E-state index in [9.17, 15) is 4.79 Å². The zero-order chi connectivity index (χ0) is 14.1. The van der Waals surface area contributed by atoms with E-state index in [2.05, 4.69) is 34.7 Å². The molecule has 102 valence electrons. The van der Waals surface area contributed by atoms with E-state index in [-0.39, 0.29) is 9.83 Å². The van der Waals surface area contributed by atoms with Gasteiger partial charge in [0.2, 0.25) is 5.91 Å².